The molecule has 0 radical (unpaired) electrons. The molecule has 1 aromatic carbocycles. The van der Waals surface area contributed by atoms with Crippen LogP contribution < -0.4 is 5.73 Å². The van der Waals surface area contributed by atoms with Crippen LogP contribution in [0.5, 0.6) is 0 Å². The molecule has 0 amide bonds. The molecular weight excluding hydrogens is 244 g/mol. The zero-order valence-corrected chi connectivity index (χ0v) is 13.1. The van der Waals surface area contributed by atoms with Gasteiger partial charge in [-0.15, -0.1) is 0 Å². The van der Waals surface area contributed by atoms with E-state index in [4.69, 9.17) is 5.73 Å². The highest BCUT2D eigenvalue weighted by Crippen LogP contribution is 2.37. The normalized spacial score (nSPS) is 26.9. The van der Waals surface area contributed by atoms with E-state index in [-0.39, 0.29) is 0 Å². The second kappa shape index (κ2) is 7.80. The van der Waals surface area contributed by atoms with Gasteiger partial charge in [0.05, 0.1) is 0 Å². The van der Waals surface area contributed by atoms with E-state index in [1.807, 2.05) is 0 Å². The molecule has 0 heterocycles. The van der Waals surface area contributed by atoms with E-state index in [2.05, 4.69) is 49.1 Å². The van der Waals surface area contributed by atoms with Gasteiger partial charge in [-0.2, -0.15) is 0 Å². The second-order valence-electron chi connectivity index (χ2n) is 6.11. The smallest absolute Gasteiger partial charge is 0.0141 e. The first-order valence-corrected chi connectivity index (χ1v) is 8.29. The Bertz CT molecular complexity index is 376. The SMILES string of the molecule is CCCN(CC)C1CC(c2ccccc2)CCC1CN. The third kappa shape index (κ3) is 3.62. The molecule has 2 rings (SSSR count). The molecule has 1 aliphatic rings. The van der Waals surface area contributed by atoms with Crippen molar-refractivity contribution >= 4 is 0 Å². The van der Waals surface area contributed by atoms with Gasteiger partial charge < -0.3 is 10.6 Å². The van der Waals surface area contributed by atoms with E-state index in [1.165, 1.54) is 37.8 Å². The molecule has 3 atom stereocenters. The van der Waals surface area contributed by atoms with Crippen LogP contribution in [0.25, 0.3) is 0 Å². The largest absolute Gasteiger partial charge is 0.330 e. The summed E-state index contributed by atoms with van der Waals surface area (Å²) >= 11 is 0. The van der Waals surface area contributed by atoms with Crippen molar-refractivity contribution in [2.75, 3.05) is 19.6 Å². The van der Waals surface area contributed by atoms with Crippen molar-refractivity contribution < 1.29 is 0 Å². The van der Waals surface area contributed by atoms with Crippen LogP contribution in [0.4, 0.5) is 0 Å². The van der Waals surface area contributed by atoms with Gasteiger partial charge in [-0.25, -0.2) is 0 Å². The van der Waals surface area contributed by atoms with E-state index in [0.29, 0.717) is 12.0 Å². The molecule has 0 aliphatic heterocycles. The van der Waals surface area contributed by atoms with Crippen molar-refractivity contribution in [1.29, 1.82) is 0 Å². The fourth-order valence-corrected chi connectivity index (χ4v) is 3.81. The number of benzene rings is 1. The topological polar surface area (TPSA) is 29.3 Å². The first kappa shape index (κ1) is 15.5. The Kier molecular flexibility index (Phi) is 6.06. The van der Waals surface area contributed by atoms with E-state index >= 15 is 0 Å². The molecule has 0 spiro atoms. The van der Waals surface area contributed by atoms with Crippen molar-refractivity contribution in [3.8, 4) is 0 Å². The maximum Gasteiger partial charge on any atom is 0.0141 e. The minimum atomic E-state index is 0.670. The molecule has 2 heteroatoms. The molecule has 2 nitrogen and oxygen atoms in total. The predicted molar refractivity (Wildman–Crippen MR) is 86.9 cm³/mol. The van der Waals surface area contributed by atoms with E-state index in [0.717, 1.165) is 19.0 Å². The lowest BCUT2D eigenvalue weighted by Gasteiger charge is -2.42. The molecule has 3 unspecified atom stereocenters. The first-order chi connectivity index (χ1) is 9.80. The maximum atomic E-state index is 6.04. The summed E-state index contributed by atoms with van der Waals surface area (Å²) in [6, 6.07) is 11.7. The van der Waals surface area contributed by atoms with Crippen LogP contribution in [-0.2, 0) is 0 Å². The quantitative estimate of drug-likeness (QED) is 0.858. The Hall–Kier alpha value is -0.860. The van der Waals surface area contributed by atoms with Crippen LogP contribution in [-0.4, -0.2) is 30.6 Å². The van der Waals surface area contributed by atoms with E-state index < -0.39 is 0 Å². The van der Waals surface area contributed by atoms with Crippen LogP contribution in [0.1, 0.15) is 51.0 Å². The van der Waals surface area contributed by atoms with Gasteiger partial charge in [-0.05, 0) is 62.7 Å². The standard InChI is InChI=1S/C18H30N2/c1-3-12-20(4-2)18-13-16(10-11-17(18)14-19)15-8-6-5-7-9-15/h5-9,16-18H,3-4,10-14,19H2,1-2H3. The van der Waals surface area contributed by atoms with Gasteiger partial charge in [0.1, 0.15) is 0 Å². The highest BCUT2D eigenvalue weighted by molar-refractivity contribution is 5.20. The summed E-state index contributed by atoms with van der Waals surface area (Å²) < 4.78 is 0. The lowest BCUT2D eigenvalue weighted by atomic mass is 9.75. The van der Waals surface area contributed by atoms with Gasteiger partial charge in [-0.1, -0.05) is 44.2 Å². The molecule has 2 N–H and O–H groups in total. The number of nitrogens with zero attached hydrogens (tertiary/aromatic N) is 1. The fourth-order valence-electron chi connectivity index (χ4n) is 3.81. The summed E-state index contributed by atoms with van der Waals surface area (Å²) in [4.78, 5) is 2.66. The highest BCUT2D eigenvalue weighted by Gasteiger charge is 2.33. The third-order valence-corrected chi connectivity index (χ3v) is 4.92. The molecule has 0 aromatic heterocycles. The molecule has 20 heavy (non-hydrogen) atoms. The van der Waals surface area contributed by atoms with E-state index in [1.54, 1.807) is 0 Å². The van der Waals surface area contributed by atoms with Crippen molar-refractivity contribution in [2.24, 2.45) is 11.7 Å². The summed E-state index contributed by atoms with van der Waals surface area (Å²) in [5, 5.41) is 0. The van der Waals surface area contributed by atoms with Crippen LogP contribution in [0, 0.1) is 5.92 Å². The highest BCUT2D eigenvalue weighted by atomic mass is 15.2. The lowest BCUT2D eigenvalue weighted by Crippen LogP contribution is -2.46. The Labute approximate surface area is 124 Å². The van der Waals surface area contributed by atoms with Crippen molar-refractivity contribution in [3.05, 3.63) is 35.9 Å². The molecule has 112 valence electrons. The zero-order chi connectivity index (χ0) is 14.4. The number of nitrogens with two attached hydrogens (primary N) is 1. The van der Waals surface area contributed by atoms with Crippen LogP contribution >= 0.6 is 0 Å². The molecule has 1 aliphatic carbocycles. The average molecular weight is 274 g/mol. The molecule has 1 fully saturated rings. The average Bonchev–Trinajstić information content (AvgIpc) is 2.53. The first-order valence-electron chi connectivity index (χ1n) is 8.29. The number of hydrogen-bond donors (Lipinski definition) is 1. The van der Waals surface area contributed by atoms with Crippen LogP contribution in [0.15, 0.2) is 30.3 Å². The van der Waals surface area contributed by atoms with Crippen molar-refractivity contribution in [1.82, 2.24) is 4.90 Å². The maximum absolute atomic E-state index is 6.04. The Morgan fingerprint density at radius 2 is 1.90 bits per heavy atom. The summed E-state index contributed by atoms with van der Waals surface area (Å²) in [7, 11) is 0. The Balaban J connectivity index is 2.10. The lowest BCUT2D eigenvalue weighted by molar-refractivity contribution is 0.103. The number of rotatable bonds is 6. The molecule has 0 bridgehead atoms. The van der Waals surface area contributed by atoms with Crippen LogP contribution in [0.2, 0.25) is 0 Å². The van der Waals surface area contributed by atoms with Gasteiger partial charge in [0, 0.05) is 6.04 Å². The van der Waals surface area contributed by atoms with Crippen molar-refractivity contribution in [2.45, 2.75) is 51.5 Å². The molecular formula is C18H30N2. The summed E-state index contributed by atoms with van der Waals surface area (Å²) in [6.07, 6.45) is 5.09. The minimum Gasteiger partial charge on any atom is -0.330 e. The molecule has 1 aromatic rings. The fraction of sp³-hybridized carbons (Fsp3) is 0.667. The minimum absolute atomic E-state index is 0.670. The molecule has 0 saturated heterocycles. The summed E-state index contributed by atoms with van der Waals surface area (Å²) in [6.45, 7) is 7.76. The molecule has 1 saturated carbocycles. The zero-order valence-electron chi connectivity index (χ0n) is 13.1. The number of hydrogen-bond acceptors (Lipinski definition) is 2. The van der Waals surface area contributed by atoms with Crippen LogP contribution in [0.3, 0.4) is 0 Å². The van der Waals surface area contributed by atoms with E-state index in [9.17, 15) is 0 Å². The second-order valence-corrected chi connectivity index (χ2v) is 6.11. The van der Waals surface area contributed by atoms with Gasteiger partial charge in [0.25, 0.3) is 0 Å². The van der Waals surface area contributed by atoms with Gasteiger partial charge in [-0.3, -0.25) is 0 Å². The summed E-state index contributed by atoms with van der Waals surface area (Å²) in [5.41, 5.74) is 7.55. The Morgan fingerprint density at radius 1 is 1.15 bits per heavy atom. The monoisotopic (exact) mass is 274 g/mol. The van der Waals surface area contributed by atoms with Gasteiger partial charge in [0.15, 0.2) is 0 Å². The summed E-state index contributed by atoms with van der Waals surface area (Å²) in [5.74, 6) is 1.40. The van der Waals surface area contributed by atoms with Crippen molar-refractivity contribution in [3.63, 3.8) is 0 Å². The van der Waals surface area contributed by atoms with Gasteiger partial charge in [0.2, 0.25) is 0 Å². The predicted octanol–water partition coefficient (Wildman–Crippen LogP) is 3.63. The Morgan fingerprint density at radius 3 is 2.50 bits per heavy atom. The van der Waals surface area contributed by atoms with Gasteiger partial charge >= 0.3 is 0 Å². The third-order valence-electron chi connectivity index (χ3n) is 4.92.